The molecule has 6 atom stereocenters. The van der Waals surface area contributed by atoms with Gasteiger partial charge in [-0.3, -0.25) is 13.6 Å². The van der Waals surface area contributed by atoms with Gasteiger partial charge in [-0.2, -0.15) is 0 Å². The highest BCUT2D eigenvalue weighted by atomic mass is 35.5. The van der Waals surface area contributed by atoms with Gasteiger partial charge in [-0.05, 0) is 30.7 Å². The molecule has 3 fully saturated rings. The van der Waals surface area contributed by atoms with Crippen LogP contribution in [-0.2, 0) is 32.3 Å². The summed E-state index contributed by atoms with van der Waals surface area (Å²) in [6.45, 7) is 1.61. The Morgan fingerprint density at radius 3 is 3.03 bits per heavy atom. The zero-order chi connectivity index (χ0) is 25.1. The molecule has 0 bridgehead atoms. The van der Waals surface area contributed by atoms with E-state index in [9.17, 15) is 9.36 Å². The molecule has 0 amide bonds. The van der Waals surface area contributed by atoms with Crippen LogP contribution in [0.2, 0.25) is 5.02 Å². The minimum atomic E-state index is -3.95. The number of anilines is 1. The molecule has 36 heavy (non-hydrogen) atoms. The quantitative estimate of drug-likeness (QED) is 0.370. The van der Waals surface area contributed by atoms with Crippen LogP contribution in [0.4, 0.5) is 10.6 Å². The lowest BCUT2D eigenvalue weighted by atomic mass is 9.96. The fraction of sp³-hybridized carbons (Fsp3) is 0.409. The third-order valence-electron chi connectivity index (χ3n) is 6.52. The van der Waals surface area contributed by atoms with Crippen LogP contribution >= 0.6 is 19.4 Å². The molecule has 0 radical (unpaired) electrons. The van der Waals surface area contributed by atoms with Crippen molar-refractivity contribution < 1.29 is 37.1 Å². The number of aromatic nitrogens is 3. The first-order valence-electron chi connectivity index (χ1n) is 11.2. The summed E-state index contributed by atoms with van der Waals surface area (Å²) >= 11 is 6.09. The van der Waals surface area contributed by atoms with Gasteiger partial charge in [0.2, 0.25) is 0 Å². The van der Waals surface area contributed by atoms with Crippen LogP contribution in [0.15, 0.2) is 42.9 Å². The van der Waals surface area contributed by atoms with E-state index in [2.05, 4.69) is 9.97 Å². The Bertz CT molecular complexity index is 1390. The predicted octanol–water partition coefficient (Wildman–Crippen LogP) is 4.16. The van der Waals surface area contributed by atoms with E-state index in [1.165, 1.54) is 6.33 Å². The number of nitrogen functional groups attached to an aromatic ring is 1. The van der Waals surface area contributed by atoms with Crippen molar-refractivity contribution in [3.8, 4) is 0 Å². The summed E-state index contributed by atoms with van der Waals surface area (Å²) in [7, 11) is -3.95. The lowest BCUT2D eigenvalue weighted by Gasteiger charge is -2.30. The van der Waals surface area contributed by atoms with Gasteiger partial charge in [-0.25, -0.2) is 19.3 Å². The second-order valence-electron chi connectivity index (χ2n) is 8.83. The third kappa shape index (κ3) is 3.94. The summed E-state index contributed by atoms with van der Waals surface area (Å²) in [4.78, 5) is 20.4. The van der Waals surface area contributed by atoms with Crippen LogP contribution in [0, 0.1) is 0 Å². The van der Waals surface area contributed by atoms with Gasteiger partial charge in [0.15, 0.2) is 17.9 Å². The fourth-order valence-corrected chi connectivity index (χ4v) is 6.41. The average Bonchev–Trinajstić information content (AvgIpc) is 3.48. The summed E-state index contributed by atoms with van der Waals surface area (Å²) in [6, 6.07) is 8.84. The topological polar surface area (TPSA) is 146 Å². The lowest BCUT2D eigenvalue weighted by molar-refractivity contribution is -0.0923. The number of hydrogen-bond donors (Lipinski definition) is 1. The largest absolute Gasteiger partial charge is 0.509 e. The molecule has 3 aliphatic heterocycles. The molecule has 0 saturated carbocycles. The van der Waals surface area contributed by atoms with E-state index in [0.29, 0.717) is 28.3 Å². The lowest BCUT2D eigenvalue weighted by Crippen LogP contribution is -2.42. The Labute approximate surface area is 210 Å². The van der Waals surface area contributed by atoms with Gasteiger partial charge < -0.3 is 24.5 Å². The first kappa shape index (κ1) is 23.7. The number of carbonyl (C=O) groups excluding carboxylic acids is 1. The second-order valence-corrected chi connectivity index (χ2v) is 10.9. The van der Waals surface area contributed by atoms with E-state index in [1.54, 1.807) is 42.0 Å². The summed E-state index contributed by atoms with van der Waals surface area (Å²) in [5.41, 5.74) is 6.00. The predicted molar refractivity (Wildman–Crippen MR) is 125 cm³/mol. The third-order valence-corrected chi connectivity index (χ3v) is 8.23. The van der Waals surface area contributed by atoms with Crippen molar-refractivity contribution >= 4 is 42.4 Å². The van der Waals surface area contributed by atoms with E-state index in [0.717, 1.165) is 5.56 Å². The molecule has 3 aromatic rings. The van der Waals surface area contributed by atoms with Crippen LogP contribution in [0.1, 0.15) is 31.2 Å². The van der Waals surface area contributed by atoms with Crippen molar-refractivity contribution in [2.45, 2.75) is 43.5 Å². The summed E-state index contributed by atoms with van der Waals surface area (Å²) in [6.07, 6.45) is -0.363. The normalized spacial score (nSPS) is 33.9. The second kappa shape index (κ2) is 8.69. The van der Waals surface area contributed by atoms with Crippen molar-refractivity contribution in [2.75, 3.05) is 18.9 Å². The smallest absolute Gasteiger partial charge is 0.424 e. The van der Waals surface area contributed by atoms with Gasteiger partial charge in [-0.15, -0.1) is 0 Å². The van der Waals surface area contributed by atoms with Crippen LogP contribution in [-0.4, -0.2) is 51.7 Å². The summed E-state index contributed by atoms with van der Waals surface area (Å²) in [5, 5.41) is 1.15. The highest BCUT2D eigenvalue weighted by molar-refractivity contribution is 7.48. The zero-order valence-electron chi connectivity index (χ0n) is 19.0. The molecule has 190 valence electrons. The molecule has 3 saturated heterocycles. The average molecular weight is 537 g/mol. The Morgan fingerprint density at radius 1 is 1.33 bits per heavy atom. The molecular weight excluding hydrogens is 515 g/mol. The minimum absolute atomic E-state index is 0.165. The Hall–Kier alpha value is -2.73. The number of benzene rings is 1. The standard InChI is InChI=1S/C22H22ClN4O8P/c1-22-17(33-21(28)34-22)16(32-20(22)27-7-5-14-18(24)25-11-26-19(14)27)10-31-36(29)30-8-6-15(35-36)12-3-2-4-13(23)9-12/h2-5,7,9,11,15-17,20H,6,8,10H2,1H3,(H2,24,25,26)/t15-,16+,17+,20+,22+,36+/m0/s1. The van der Waals surface area contributed by atoms with Crippen LogP contribution in [0.5, 0.6) is 0 Å². The molecule has 14 heteroatoms. The molecular formula is C22H22ClN4O8P. The van der Waals surface area contributed by atoms with E-state index >= 15 is 0 Å². The number of nitrogens with zero attached hydrogens (tertiary/aromatic N) is 3. The molecule has 3 aliphatic rings. The number of rotatable bonds is 5. The molecule has 5 heterocycles. The van der Waals surface area contributed by atoms with Gasteiger partial charge in [0.1, 0.15) is 23.9 Å². The molecule has 0 spiro atoms. The number of phosphoric ester groups is 1. The highest BCUT2D eigenvalue weighted by Gasteiger charge is 2.64. The molecule has 1 aromatic carbocycles. The van der Waals surface area contributed by atoms with Gasteiger partial charge in [0.05, 0.1) is 24.7 Å². The van der Waals surface area contributed by atoms with E-state index in [-0.39, 0.29) is 13.2 Å². The number of fused-ring (bicyclic) bond motifs is 2. The van der Waals surface area contributed by atoms with Gasteiger partial charge in [-0.1, -0.05) is 23.7 Å². The summed E-state index contributed by atoms with van der Waals surface area (Å²) < 4.78 is 48.9. The highest BCUT2D eigenvalue weighted by Crippen LogP contribution is 2.58. The SMILES string of the molecule is C[C@@]12OC(=O)O[C@@H]1[C@@H](CO[P@@]1(=O)OCC[C@@H](c3cccc(Cl)c3)O1)O[C@H]2n1ccc2c(N)ncnc21. The first-order valence-corrected chi connectivity index (χ1v) is 13.0. The molecule has 6 rings (SSSR count). The maximum Gasteiger partial charge on any atom is 0.509 e. The van der Waals surface area contributed by atoms with Crippen molar-refractivity contribution in [3.63, 3.8) is 0 Å². The van der Waals surface area contributed by atoms with Gasteiger partial charge in [0.25, 0.3) is 0 Å². The number of carbonyl (C=O) groups is 1. The van der Waals surface area contributed by atoms with Crippen LogP contribution in [0.3, 0.4) is 0 Å². The number of halogens is 1. The van der Waals surface area contributed by atoms with Crippen molar-refractivity contribution in [3.05, 3.63) is 53.4 Å². The van der Waals surface area contributed by atoms with E-state index < -0.39 is 44.1 Å². The number of ether oxygens (including phenoxy) is 3. The van der Waals surface area contributed by atoms with Crippen LogP contribution in [0.25, 0.3) is 11.0 Å². The van der Waals surface area contributed by atoms with Crippen molar-refractivity contribution in [1.29, 1.82) is 0 Å². The first-order chi connectivity index (χ1) is 17.3. The number of phosphoric acid groups is 1. The Morgan fingerprint density at radius 2 is 2.19 bits per heavy atom. The fourth-order valence-electron chi connectivity index (χ4n) is 4.82. The molecule has 0 aliphatic carbocycles. The van der Waals surface area contributed by atoms with E-state index in [4.69, 9.17) is 45.1 Å². The number of hydrogen-bond acceptors (Lipinski definition) is 11. The molecule has 2 N–H and O–H groups in total. The maximum atomic E-state index is 13.3. The minimum Gasteiger partial charge on any atom is -0.424 e. The monoisotopic (exact) mass is 536 g/mol. The Balaban J connectivity index is 1.23. The van der Waals surface area contributed by atoms with Gasteiger partial charge in [0, 0.05) is 17.6 Å². The van der Waals surface area contributed by atoms with E-state index in [1.807, 2.05) is 6.07 Å². The number of nitrogens with two attached hydrogens (primary N) is 1. The summed E-state index contributed by atoms with van der Waals surface area (Å²) in [5.74, 6) is 0.303. The van der Waals surface area contributed by atoms with Crippen molar-refractivity contribution in [2.24, 2.45) is 0 Å². The molecule has 0 unspecified atom stereocenters. The van der Waals surface area contributed by atoms with Gasteiger partial charge >= 0.3 is 14.0 Å². The Kier molecular flexibility index (Phi) is 5.71. The zero-order valence-corrected chi connectivity index (χ0v) is 20.6. The van der Waals surface area contributed by atoms with Crippen LogP contribution < -0.4 is 5.73 Å². The van der Waals surface area contributed by atoms with Crippen molar-refractivity contribution in [1.82, 2.24) is 14.5 Å². The maximum absolute atomic E-state index is 13.3. The molecule has 12 nitrogen and oxygen atoms in total. The molecule has 2 aromatic heterocycles.